The molecule has 1 saturated carbocycles. The summed E-state index contributed by atoms with van der Waals surface area (Å²) in [6, 6.07) is 0. The molecule has 0 heterocycles. The molecular formula is C14H23N. The zero-order valence-electron chi connectivity index (χ0n) is 10.1. The minimum atomic E-state index is 0.284. The van der Waals surface area contributed by atoms with Gasteiger partial charge in [-0.25, -0.2) is 0 Å². The fraction of sp³-hybridized carbons (Fsp3) is 0.571. The average Bonchev–Trinajstić information content (AvgIpc) is 2.19. The summed E-state index contributed by atoms with van der Waals surface area (Å²) in [5, 5.41) is 3.64. The van der Waals surface area contributed by atoms with Crippen LogP contribution in [-0.2, 0) is 0 Å². The van der Waals surface area contributed by atoms with Gasteiger partial charge in [0, 0.05) is 11.2 Å². The molecule has 84 valence electrons. The van der Waals surface area contributed by atoms with E-state index in [4.69, 9.17) is 0 Å². The van der Waals surface area contributed by atoms with Crippen LogP contribution in [0.4, 0.5) is 0 Å². The first-order chi connectivity index (χ1) is 7.20. The van der Waals surface area contributed by atoms with Crippen LogP contribution in [0.15, 0.2) is 36.6 Å². The Bertz CT molecular complexity index is 255. The van der Waals surface area contributed by atoms with Gasteiger partial charge >= 0.3 is 0 Å². The largest absolute Gasteiger partial charge is 0.380 e. The Morgan fingerprint density at radius 1 is 1.27 bits per heavy atom. The standard InChI is InChI=1S/C14H23N/c1-4-9-13(10-5-2)15-14(3)11-7-6-8-12-14/h4-5,9-10,15H,1,6-8,11-12H2,2-3H3/b10-5-,13-9+. The number of allylic oxidation sites excluding steroid dienone is 4. The molecule has 1 N–H and O–H groups in total. The predicted octanol–water partition coefficient (Wildman–Crippen LogP) is 3.94. The number of nitrogens with one attached hydrogen (secondary N) is 1. The molecule has 1 aliphatic rings. The SMILES string of the molecule is C=C/C=C(\C=C/C)NC1(C)CCCCC1. The molecule has 0 bridgehead atoms. The fourth-order valence-corrected chi connectivity index (χ4v) is 2.25. The summed E-state index contributed by atoms with van der Waals surface area (Å²) < 4.78 is 0. The highest BCUT2D eigenvalue weighted by Gasteiger charge is 2.26. The van der Waals surface area contributed by atoms with Crippen molar-refractivity contribution >= 4 is 0 Å². The molecule has 15 heavy (non-hydrogen) atoms. The minimum absolute atomic E-state index is 0.284. The van der Waals surface area contributed by atoms with Crippen molar-refractivity contribution < 1.29 is 0 Å². The molecule has 1 nitrogen and oxygen atoms in total. The first-order valence-electron chi connectivity index (χ1n) is 5.94. The molecule has 1 fully saturated rings. The van der Waals surface area contributed by atoms with Crippen LogP contribution in [0.3, 0.4) is 0 Å². The van der Waals surface area contributed by atoms with Gasteiger partial charge in [-0.15, -0.1) is 0 Å². The van der Waals surface area contributed by atoms with Gasteiger partial charge in [-0.3, -0.25) is 0 Å². The topological polar surface area (TPSA) is 12.0 Å². The fourth-order valence-electron chi connectivity index (χ4n) is 2.25. The summed E-state index contributed by atoms with van der Waals surface area (Å²) in [6.45, 7) is 8.12. The third-order valence-corrected chi connectivity index (χ3v) is 3.05. The minimum Gasteiger partial charge on any atom is -0.380 e. The van der Waals surface area contributed by atoms with Crippen LogP contribution in [0.5, 0.6) is 0 Å². The van der Waals surface area contributed by atoms with Crippen LogP contribution in [-0.4, -0.2) is 5.54 Å². The lowest BCUT2D eigenvalue weighted by Gasteiger charge is -2.36. The second kappa shape index (κ2) is 5.79. The summed E-state index contributed by atoms with van der Waals surface area (Å²) in [7, 11) is 0. The number of hydrogen-bond donors (Lipinski definition) is 1. The van der Waals surface area contributed by atoms with Gasteiger partial charge in [-0.2, -0.15) is 0 Å². The van der Waals surface area contributed by atoms with Crippen molar-refractivity contribution in [1.82, 2.24) is 5.32 Å². The quantitative estimate of drug-likeness (QED) is 0.685. The Morgan fingerprint density at radius 2 is 1.93 bits per heavy atom. The summed E-state index contributed by atoms with van der Waals surface area (Å²) in [4.78, 5) is 0. The second-order valence-corrected chi connectivity index (χ2v) is 4.60. The van der Waals surface area contributed by atoms with Crippen molar-refractivity contribution in [2.24, 2.45) is 0 Å². The molecule has 0 amide bonds. The van der Waals surface area contributed by atoms with E-state index in [1.165, 1.54) is 37.8 Å². The van der Waals surface area contributed by atoms with E-state index >= 15 is 0 Å². The van der Waals surface area contributed by atoms with Gasteiger partial charge in [0.1, 0.15) is 0 Å². The first-order valence-corrected chi connectivity index (χ1v) is 5.94. The van der Waals surface area contributed by atoms with E-state index in [9.17, 15) is 0 Å². The van der Waals surface area contributed by atoms with E-state index in [1.807, 2.05) is 19.1 Å². The summed E-state index contributed by atoms with van der Waals surface area (Å²) >= 11 is 0. The monoisotopic (exact) mass is 205 g/mol. The van der Waals surface area contributed by atoms with E-state index in [0.29, 0.717) is 0 Å². The highest BCUT2D eigenvalue weighted by atomic mass is 15.0. The van der Waals surface area contributed by atoms with Crippen molar-refractivity contribution in [3.05, 3.63) is 36.6 Å². The highest BCUT2D eigenvalue weighted by molar-refractivity contribution is 5.22. The molecule has 1 rings (SSSR count). The average molecular weight is 205 g/mol. The normalized spacial score (nSPS) is 21.6. The summed E-state index contributed by atoms with van der Waals surface area (Å²) in [6.07, 6.45) is 14.7. The second-order valence-electron chi connectivity index (χ2n) is 4.60. The van der Waals surface area contributed by atoms with Gasteiger partial charge in [0.15, 0.2) is 0 Å². The lowest BCUT2D eigenvalue weighted by Crippen LogP contribution is -2.42. The van der Waals surface area contributed by atoms with Crippen LogP contribution in [0.1, 0.15) is 46.0 Å². The summed E-state index contributed by atoms with van der Waals surface area (Å²) in [5.41, 5.74) is 1.46. The lowest BCUT2D eigenvalue weighted by molar-refractivity contribution is 0.276. The lowest BCUT2D eigenvalue weighted by atomic mass is 9.83. The van der Waals surface area contributed by atoms with Crippen LogP contribution in [0.2, 0.25) is 0 Å². The van der Waals surface area contributed by atoms with Crippen molar-refractivity contribution in [1.29, 1.82) is 0 Å². The maximum Gasteiger partial charge on any atom is 0.0345 e. The molecule has 1 aliphatic carbocycles. The van der Waals surface area contributed by atoms with Gasteiger partial charge < -0.3 is 5.32 Å². The molecule has 0 saturated heterocycles. The van der Waals surface area contributed by atoms with Crippen LogP contribution in [0, 0.1) is 0 Å². The number of hydrogen-bond acceptors (Lipinski definition) is 1. The molecule has 0 aromatic carbocycles. The van der Waals surface area contributed by atoms with Gasteiger partial charge in [0.25, 0.3) is 0 Å². The molecule has 0 aliphatic heterocycles. The molecule has 0 unspecified atom stereocenters. The molecule has 0 aromatic heterocycles. The van der Waals surface area contributed by atoms with Crippen molar-refractivity contribution in [2.45, 2.75) is 51.5 Å². The Labute approximate surface area is 94.0 Å². The van der Waals surface area contributed by atoms with Crippen LogP contribution < -0.4 is 5.32 Å². The van der Waals surface area contributed by atoms with Crippen LogP contribution >= 0.6 is 0 Å². The zero-order chi connectivity index (χ0) is 11.1. The van der Waals surface area contributed by atoms with Crippen LogP contribution in [0.25, 0.3) is 0 Å². The highest BCUT2D eigenvalue weighted by Crippen LogP contribution is 2.28. The van der Waals surface area contributed by atoms with Gasteiger partial charge in [0.05, 0.1) is 0 Å². The molecule has 0 atom stereocenters. The zero-order valence-corrected chi connectivity index (χ0v) is 10.1. The van der Waals surface area contributed by atoms with Crippen molar-refractivity contribution in [3.8, 4) is 0 Å². The van der Waals surface area contributed by atoms with Gasteiger partial charge in [-0.1, -0.05) is 38.0 Å². The van der Waals surface area contributed by atoms with E-state index < -0.39 is 0 Å². The van der Waals surface area contributed by atoms with E-state index in [0.717, 1.165) is 0 Å². The number of rotatable bonds is 4. The Balaban J connectivity index is 2.63. The predicted molar refractivity (Wildman–Crippen MR) is 67.7 cm³/mol. The molecular weight excluding hydrogens is 182 g/mol. The Hall–Kier alpha value is -0.980. The third-order valence-electron chi connectivity index (χ3n) is 3.05. The molecule has 0 aromatic rings. The molecule has 1 heteroatoms. The Kier molecular flexibility index (Phi) is 4.67. The maximum atomic E-state index is 3.75. The summed E-state index contributed by atoms with van der Waals surface area (Å²) in [5.74, 6) is 0. The molecule has 0 radical (unpaired) electrons. The van der Waals surface area contributed by atoms with Crippen molar-refractivity contribution in [3.63, 3.8) is 0 Å². The van der Waals surface area contributed by atoms with Gasteiger partial charge in [0.2, 0.25) is 0 Å². The van der Waals surface area contributed by atoms with Gasteiger partial charge in [-0.05, 0) is 38.8 Å². The first kappa shape index (κ1) is 12.1. The Morgan fingerprint density at radius 3 is 2.47 bits per heavy atom. The van der Waals surface area contributed by atoms with E-state index in [-0.39, 0.29) is 5.54 Å². The smallest absolute Gasteiger partial charge is 0.0345 e. The molecule has 0 spiro atoms. The van der Waals surface area contributed by atoms with Crippen molar-refractivity contribution in [2.75, 3.05) is 0 Å². The third kappa shape index (κ3) is 3.94. The maximum absolute atomic E-state index is 3.75. The van der Waals surface area contributed by atoms with E-state index in [2.05, 4.69) is 31.0 Å². The van der Waals surface area contributed by atoms with E-state index in [1.54, 1.807) is 0 Å².